The molecule has 0 bridgehead atoms. The van der Waals surface area contributed by atoms with Crippen molar-refractivity contribution in [3.8, 4) is 11.3 Å². The van der Waals surface area contributed by atoms with Crippen LogP contribution in [-0.2, 0) is 6.54 Å². The minimum Gasteiger partial charge on any atom is -0.357 e. The first kappa shape index (κ1) is 24.4. The van der Waals surface area contributed by atoms with Crippen molar-refractivity contribution in [1.82, 2.24) is 20.5 Å². The van der Waals surface area contributed by atoms with Crippen molar-refractivity contribution < 1.29 is 13.2 Å². The number of pyridine rings is 1. The van der Waals surface area contributed by atoms with E-state index in [2.05, 4.69) is 26.7 Å². The Hall–Kier alpha value is -1.88. The smallest absolute Gasteiger partial charge is 0.357 e. The van der Waals surface area contributed by atoms with Gasteiger partial charge in [-0.2, -0.15) is 13.2 Å². The second-order valence-corrected chi connectivity index (χ2v) is 7.09. The van der Waals surface area contributed by atoms with E-state index in [1.165, 1.54) is 4.90 Å². The first-order valence-corrected chi connectivity index (χ1v) is 9.77. The van der Waals surface area contributed by atoms with E-state index < -0.39 is 12.7 Å². The highest BCUT2D eigenvalue weighted by Crippen LogP contribution is 2.20. The number of guanidine groups is 1. The summed E-state index contributed by atoms with van der Waals surface area (Å²) in [7, 11) is 0. The van der Waals surface area contributed by atoms with Gasteiger partial charge in [-0.1, -0.05) is 24.3 Å². The third-order valence-electron chi connectivity index (χ3n) is 4.67. The maximum absolute atomic E-state index is 12.6. The van der Waals surface area contributed by atoms with E-state index in [1.54, 1.807) is 6.20 Å². The monoisotopic (exact) mass is 533 g/mol. The SMILES string of the molecule is CCNC(=NCc1cccc(-c2ccccn2)c1)NC1CCN(CC(F)(F)F)C1.I. The molecule has 1 aromatic heterocycles. The van der Waals surface area contributed by atoms with Gasteiger partial charge in [0.25, 0.3) is 0 Å². The molecule has 3 rings (SSSR count). The van der Waals surface area contributed by atoms with Gasteiger partial charge in [-0.3, -0.25) is 9.88 Å². The second-order valence-electron chi connectivity index (χ2n) is 7.09. The topological polar surface area (TPSA) is 52.6 Å². The maximum atomic E-state index is 12.6. The Bertz CT molecular complexity index is 814. The van der Waals surface area contributed by atoms with E-state index in [-0.39, 0.29) is 30.0 Å². The van der Waals surface area contributed by atoms with Crippen LogP contribution in [0.25, 0.3) is 11.3 Å². The van der Waals surface area contributed by atoms with Crippen LogP contribution in [0.5, 0.6) is 0 Å². The standard InChI is InChI=1S/C21H26F3N5.HI/c1-2-25-20(28-18-9-11-29(14-18)15-21(22,23)24)27-13-16-6-5-7-17(12-16)19-8-3-4-10-26-19;/h3-8,10,12,18H,2,9,11,13-15H2,1H3,(H2,25,27,28);1H. The highest BCUT2D eigenvalue weighted by Gasteiger charge is 2.34. The van der Waals surface area contributed by atoms with Crippen molar-refractivity contribution in [2.45, 2.75) is 32.1 Å². The molecule has 0 spiro atoms. The van der Waals surface area contributed by atoms with Crippen molar-refractivity contribution in [2.24, 2.45) is 4.99 Å². The van der Waals surface area contributed by atoms with Gasteiger partial charge < -0.3 is 10.6 Å². The molecule has 5 nitrogen and oxygen atoms in total. The first-order valence-electron chi connectivity index (χ1n) is 9.77. The summed E-state index contributed by atoms with van der Waals surface area (Å²) in [5, 5.41) is 6.44. The molecule has 1 unspecified atom stereocenters. The lowest BCUT2D eigenvalue weighted by Crippen LogP contribution is -2.45. The van der Waals surface area contributed by atoms with Crippen molar-refractivity contribution in [3.05, 3.63) is 54.2 Å². The quantitative estimate of drug-likeness (QED) is 0.334. The van der Waals surface area contributed by atoms with Gasteiger partial charge in [-0.15, -0.1) is 24.0 Å². The van der Waals surface area contributed by atoms with Crippen molar-refractivity contribution in [1.29, 1.82) is 0 Å². The van der Waals surface area contributed by atoms with Gasteiger partial charge in [0.2, 0.25) is 0 Å². The van der Waals surface area contributed by atoms with Crippen molar-refractivity contribution in [3.63, 3.8) is 0 Å². The van der Waals surface area contributed by atoms with E-state index in [0.717, 1.165) is 16.8 Å². The Balaban J connectivity index is 0.00000320. The van der Waals surface area contributed by atoms with Gasteiger partial charge in [0.05, 0.1) is 18.8 Å². The number of aliphatic imine (C=N–C) groups is 1. The average Bonchev–Trinajstić information content (AvgIpc) is 3.12. The molecule has 0 saturated carbocycles. The average molecular weight is 533 g/mol. The highest BCUT2D eigenvalue weighted by atomic mass is 127. The Labute approximate surface area is 192 Å². The largest absolute Gasteiger partial charge is 0.401 e. The van der Waals surface area contributed by atoms with Crippen LogP contribution in [0.3, 0.4) is 0 Å². The van der Waals surface area contributed by atoms with Crippen molar-refractivity contribution in [2.75, 3.05) is 26.2 Å². The predicted molar refractivity (Wildman–Crippen MR) is 124 cm³/mol. The summed E-state index contributed by atoms with van der Waals surface area (Å²) < 4.78 is 37.7. The number of nitrogens with one attached hydrogen (secondary N) is 2. The summed E-state index contributed by atoms with van der Waals surface area (Å²) >= 11 is 0. The fraction of sp³-hybridized carbons (Fsp3) is 0.429. The fourth-order valence-electron chi connectivity index (χ4n) is 3.39. The molecule has 2 aromatic rings. The minimum absolute atomic E-state index is 0. The van der Waals surface area contributed by atoms with Gasteiger partial charge in [0.15, 0.2) is 5.96 Å². The summed E-state index contributed by atoms with van der Waals surface area (Å²) in [5.41, 5.74) is 2.96. The Morgan fingerprint density at radius 2 is 2.07 bits per heavy atom. The molecule has 1 aliphatic heterocycles. The zero-order valence-corrected chi connectivity index (χ0v) is 19.2. The summed E-state index contributed by atoms with van der Waals surface area (Å²) in [6.45, 7) is 3.04. The van der Waals surface area contributed by atoms with Crippen LogP contribution < -0.4 is 10.6 Å². The van der Waals surface area contributed by atoms with E-state index in [4.69, 9.17) is 0 Å². The number of rotatable bonds is 6. The van der Waals surface area contributed by atoms with E-state index in [9.17, 15) is 13.2 Å². The normalized spacial score (nSPS) is 17.5. The molecule has 0 radical (unpaired) electrons. The molecule has 0 aliphatic carbocycles. The highest BCUT2D eigenvalue weighted by molar-refractivity contribution is 14.0. The third-order valence-corrected chi connectivity index (χ3v) is 4.67. The fourth-order valence-corrected chi connectivity index (χ4v) is 3.39. The lowest BCUT2D eigenvalue weighted by atomic mass is 10.1. The van der Waals surface area contributed by atoms with E-state index in [1.807, 2.05) is 43.3 Å². The number of halogens is 4. The van der Waals surface area contributed by atoms with Gasteiger partial charge in [0.1, 0.15) is 0 Å². The summed E-state index contributed by atoms with van der Waals surface area (Å²) in [4.78, 5) is 10.4. The van der Waals surface area contributed by atoms with Gasteiger partial charge in [-0.25, -0.2) is 4.99 Å². The number of benzene rings is 1. The molecule has 1 atom stereocenters. The molecular formula is C21H27F3IN5. The minimum atomic E-state index is -4.16. The van der Waals surface area contributed by atoms with Crippen LogP contribution in [0.1, 0.15) is 18.9 Å². The van der Waals surface area contributed by atoms with E-state index >= 15 is 0 Å². The molecule has 9 heteroatoms. The van der Waals surface area contributed by atoms with Crippen LogP contribution in [0, 0.1) is 0 Å². The molecule has 30 heavy (non-hydrogen) atoms. The second kappa shape index (κ2) is 11.5. The molecular weight excluding hydrogens is 506 g/mol. The first-order chi connectivity index (χ1) is 13.9. The molecule has 0 amide bonds. The predicted octanol–water partition coefficient (Wildman–Crippen LogP) is 4.06. The Kier molecular flexibility index (Phi) is 9.35. The summed E-state index contributed by atoms with van der Waals surface area (Å²) in [6.07, 6.45) is -1.74. The Morgan fingerprint density at radius 1 is 1.23 bits per heavy atom. The zero-order valence-electron chi connectivity index (χ0n) is 16.8. The van der Waals surface area contributed by atoms with Gasteiger partial charge >= 0.3 is 6.18 Å². The van der Waals surface area contributed by atoms with Crippen LogP contribution in [0.2, 0.25) is 0 Å². The number of hydrogen-bond donors (Lipinski definition) is 2. The molecule has 2 heterocycles. The molecule has 1 aromatic carbocycles. The zero-order chi connectivity index (χ0) is 20.7. The number of nitrogens with zero attached hydrogens (tertiary/aromatic N) is 3. The molecule has 164 valence electrons. The van der Waals surface area contributed by atoms with Crippen LogP contribution in [0.4, 0.5) is 13.2 Å². The van der Waals surface area contributed by atoms with Crippen molar-refractivity contribution >= 4 is 29.9 Å². The van der Waals surface area contributed by atoms with E-state index in [0.29, 0.717) is 38.6 Å². The summed E-state index contributed by atoms with van der Waals surface area (Å²) in [5.74, 6) is 0.620. The maximum Gasteiger partial charge on any atom is 0.401 e. The Morgan fingerprint density at radius 3 is 2.77 bits per heavy atom. The lowest BCUT2D eigenvalue weighted by Gasteiger charge is -2.19. The van der Waals surface area contributed by atoms with Crippen LogP contribution in [-0.4, -0.2) is 54.2 Å². The molecule has 1 fully saturated rings. The van der Waals surface area contributed by atoms with Crippen LogP contribution in [0.15, 0.2) is 53.7 Å². The number of alkyl halides is 3. The third kappa shape index (κ3) is 7.75. The van der Waals surface area contributed by atoms with Gasteiger partial charge in [-0.05, 0) is 37.1 Å². The number of aromatic nitrogens is 1. The lowest BCUT2D eigenvalue weighted by molar-refractivity contribution is -0.143. The van der Waals surface area contributed by atoms with Crippen LogP contribution >= 0.6 is 24.0 Å². The van der Waals surface area contributed by atoms with Gasteiger partial charge in [0, 0.05) is 37.4 Å². The molecule has 2 N–H and O–H groups in total. The number of hydrogen-bond acceptors (Lipinski definition) is 3. The number of likely N-dealkylation sites (tertiary alicyclic amines) is 1. The summed E-state index contributed by atoms with van der Waals surface area (Å²) in [6, 6.07) is 13.8. The molecule has 1 saturated heterocycles. The molecule has 1 aliphatic rings.